The van der Waals surface area contributed by atoms with Crippen LogP contribution in [-0.2, 0) is 0 Å². The van der Waals surface area contributed by atoms with Crippen molar-refractivity contribution in [3.63, 3.8) is 0 Å². The van der Waals surface area contributed by atoms with E-state index in [1.54, 1.807) is 24.5 Å². The molecule has 0 saturated carbocycles. The van der Waals surface area contributed by atoms with Crippen LogP contribution >= 0.6 is 0 Å². The Morgan fingerprint density at radius 1 is 1.10 bits per heavy atom. The lowest BCUT2D eigenvalue weighted by atomic mass is 10.1. The van der Waals surface area contributed by atoms with E-state index in [-0.39, 0.29) is 5.82 Å². The number of pyridine rings is 1. The van der Waals surface area contributed by atoms with E-state index >= 15 is 0 Å². The average Bonchev–Trinajstić information content (AvgIpc) is 2.49. The predicted molar refractivity (Wildman–Crippen MR) is 78.2 cm³/mol. The molecule has 0 bridgehead atoms. The molecule has 0 radical (unpaired) electrons. The fourth-order valence-corrected chi connectivity index (χ4v) is 2.21. The molecule has 1 aliphatic heterocycles. The third-order valence-corrected chi connectivity index (χ3v) is 3.18. The highest BCUT2D eigenvalue weighted by atomic mass is 19.1. The van der Waals surface area contributed by atoms with Crippen molar-refractivity contribution < 1.29 is 4.39 Å². The molecule has 0 amide bonds. The molecule has 4 heteroatoms. The summed E-state index contributed by atoms with van der Waals surface area (Å²) >= 11 is 0. The fraction of sp³-hybridized carbons (Fsp3) is 0.0625. The van der Waals surface area contributed by atoms with Gasteiger partial charge in [-0.3, -0.25) is 4.98 Å². The van der Waals surface area contributed by atoms with Crippen molar-refractivity contribution in [2.45, 2.75) is 0 Å². The minimum atomic E-state index is -0.249. The normalized spacial score (nSPS) is 14.8. The zero-order valence-corrected chi connectivity index (χ0v) is 10.8. The zero-order chi connectivity index (χ0) is 13.9. The van der Waals surface area contributed by atoms with E-state index in [0.717, 1.165) is 22.6 Å². The summed E-state index contributed by atoms with van der Waals surface area (Å²) in [5.41, 5.74) is 9.58. The van der Waals surface area contributed by atoms with Gasteiger partial charge in [-0.15, -0.1) is 0 Å². The van der Waals surface area contributed by atoms with Crippen LogP contribution in [0.5, 0.6) is 0 Å². The number of benzene rings is 1. The maximum absolute atomic E-state index is 13.1. The van der Waals surface area contributed by atoms with Crippen molar-refractivity contribution in [3.8, 4) is 0 Å². The van der Waals surface area contributed by atoms with Crippen LogP contribution in [0.4, 0.5) is 10.1 Å². The van der Waals surface area contributed by atoms with Gasteiger partial charge in [0.15, 0.2) is 0 Å². The number of nitrogens with two attached hydrogens (primary N) is 1. The zero-order valence-electron chi connectivity index (χ0n) is 10.8. The van der Waals surface area contributed by atoms with Gasteiger partial charge in [-0.05, 0) is 48.6 Å². The molecule has 0 spiro atoms. The summed E-state index contributed by atoms with van der Waals surface area (Å²) in [6.07, 6.45) is 7.39. The Morgan fingerprint density at radius 3 is 2.60 bits per heavy atom. The van der Waals surface area contributed by atoms with Gasteiger partial charge in [0.2, 0.25) is 0 Å². The molecule has 0 unspecified atom stereocenters. The SMILES string of the molecule is NC1=CC=C(c2cccnc2)N(c2ccc(F)cc2)C1. The van der Waals surface area contributed by atoms with E-state index in [1.807, 2.05) is 29.2 Å². The van der Waals surface area contributed by atoms with E-state index in [0.29, 0.717) is 6.54 Å². The summed E-state index contributed by atoms with van der Waals surface area (Å²) < 4.78 is 13.1. The molecule has 1 aromatic carbocycles. The van der Waals surface area contributed by atoms with Gasteiger partial charge in [0.05, 0.1) is 12.2 Å². The average molecular weight is 267 g/mol. The van der Waals surface area contributed by atoms with E-state index in [1.165, 1.54) is 12.1 Å². The molecule has 1 aromatic heterocycles. The first kappa shape index (κ1) is 12.4. The van der Waals surface area contributed by atoms with Crippen molar-refractivity contribution >= 4 is 11.4 Å². The molecule has 0 aliphatic carbocycles. The maximum atomic E-state index is 13.1. The molecule has 2 heterocycles. The number of hydrogen-bond acceptors (Lipinski definition) is 3. The maximum Gasteiger partial charge on any atom is 0.123 e. The van der Waals surface area contributed by atoms with Crippen molar-refractivity contribution in [1.29, 1.82) is 0 Å². The van der Waals surface area contributed by atoms with Crippen LogP contribution in [0.25, 0.3) is 5.70 Å². The molecule has 0 atom stereocenters. The highest BCUT2D eigenvalue weighted by Gasteiger charge is 2.17. The van der Waals surface area contributed by atoms with Gasteiger partial charge in [0.25, 0.3) is 0 Å². The molecular weight excluding hydrogens is 253 g/mol. The highest BCUT2D eigenvalue weighted by Crippen LogP contribution is 2.29. The Kier molecular flexibility index (Phi) is 3.21. The number of aromatic nitrogens is 1. The Bertz CT molecular complexity index is 660. The third kappa shape index (κ3) is 2.40. The number of nitrogens with zero attached hydrogens (tertiary/aromatic N) is 2. The fourth-order valence-electron chi connectivity index (χ4n) is 2.21. The van der Waals surface area contributed by atoms with Crippen LogP contribution in [-0.4, -0.2) is 11.5 Å². The topological polar surface area (TPSA) is 42.1 Å². The molecule has 3 rings (SSSR count). The van der Waals surface area contributed by atoms with Crippen molar-refractivity contribution in [3.05, 3.63) is 78.0 Å². The van der Waals surface area contributed by atoms with Gasteiger partial charge >= 0.3 is 0 Å². The second kappa shape index (κ2) is 5.17. The summed E-state index contributed by atoms with van der Waals surface area (Å²) in [5.74, 6) is -0.249. The van der Waals surface area contributed by atoms with Crippen LogP contribution in [0, 0.1) is 5.82 Å². The molecular formula is C16H14FN3. The highest BCUT2D eigenvalue weighted by molar-refractivity contribution is 5.81. The molecule has 0 saturated heterocycles. The van der Waals surface area contributed by atoms with Gasteiger partial charge in [0.1, 0.15) is 5.82 Å². The first-order chi connectivity index (χ1) is 9.74. The summed E-state index contributed by atoms with van der Waals surface area (Å²) in [6.45, 7) is 0.576. The second-order valence-electron chi connectivity index (χ2n) is 4.60. The van der Waals surface area contributed by atoms with E-state index in [9.17, 15) is 4.39 Å². The molecule has 3 nitrogen and oxygen atoms in total. The minimum Gasteiger partial charge on any atom is -0.401 e. The number of hydrogen-bond donors (Lipinski definition) is 1. The standard InChI is InChI=1S/C16H14FN3/c17-13-3-6-15(7-4-13)20-11-14(18)5-8-16(20)12-2-1-9-19-10-12/h1-10H,11,18H2. The number of anilines is 1. The van der Waals surface area contributed by atoms with Crippen molar-refractivity contribution in [1.82, 2.24) is 4.98 Å². The van der Waals surface area contributed by atoms with Crippen molar-refractivity contribution in [2.24, 2.45) is 5.73 Å². The lowest BCUT2D eigenvalue weighted by Gasteiger charge is -2.30. The Balaban J connectivity index is 2.03. The second-order valence-corrected chi connectivity index (χ2v) is 4.60. The summed E-state index contributed by atoms with van der Waals surface area (Å²) in [4.78, 5) is 6.19. The van der Waals surface area contributed by atoms with E-state index < -0.39 is 0 Å². The molecule has 20 heavy (non-hydrogen) atoms. The third-order valence-electron chi connectivity index (χ3n) is 3.18. The van der Waals surface area contributed by atoms with Crippen LogP contribution in [0.1, 0.15) is 5.56 Å². The van der Waals surface area contributed by atoms with Crippen LogP contribution in [0.15, 0.2) is 66.6 Å². The first-order valence-electron chi connectivity index (χ1n) is 6.34. The van der Waals surface area contributed by atoms with Gasteiger partial charge in [0, 0.05) is 29.3 Å². The molecule has 1 aliphatic rings. The predicted octanol–water partition coefficient (Wildman–Crippen LogP) is 2.92. The lowest BCUT2D eigenvalue weighted by Crippen LogP contribution is -2.29. The Morgan fingerprint density at radius 2 is 1.90 bits per heavy atom. The molecule has 100 valence electrons. The van der Waals surface area contributed by atoms with Gasteiger partial charge < -0.3 is 10.6 Å². The number of allylic oxidation sites excluding steroid dienone is 2. The summed E-state index contributed by atoms with van der Waals surface area (Å²) in [6, 6.07) is 10.3. The van der Waals surface area contributed by atoms with Crippen LogP contribution in [0.3, 0.4) is 0 Å². The van der Waals surface area contributed by atoms with Gasteiger partial charge in [-0.1, -0.05) is 0 Å². The first-order valence-corrected chi connectivity index (χ1v) is 6.34. The summed E-state index contributed by atoms with van der Waals surface area (Å²) in [5, 5.41) is 0. The number of rotatable bonds is 2. The Hall–Kier alpha value is -2.62. The number of halogens is 1. The van der Waals surface area contributed by atoms with Gasteiger partial charge in [-0.25, -0.2) is 4.39 Å². The van der Waals surface area contributed by atoms with Crippen molar-refractivity contribution in [2.75, 3.05) is 11.4 Å². The Labute approximate surface area is 116 Å². The van der Waals surface area contributed by atoms with E-state index in [4.69, 9.17) is 5.73 Å². The lowest BCUT2D eigenvalue weighted by molar-refractivity contribution is 0.628. The molecule has 2 aromatic rings. The monoisotopic (exact) mass is 267 g/mol. The van der Waals surface area contributed by atoms with E-state index in [2.05, 4.69) is 4.98 Å². The smallest absolute Gasteiger partial charge is 0.123 e. The van der Waals surface area contributed by atoms with Gasteiger partial charge in [-0.2, -0.15) is 0 Å². The quantitative estimate of drug-likeness (QED) is 0.909. The largest absolute Gasteiger partial charge is 0.401 e. The van der Waals surface area contributed by atoms with Crippen LogP contribution in [0.2, 0.25) is 0 Å². The molecule has 2 N–H and O–H groups in total. The summed E-state index contributed by atoms with van der Waals surface area (Å²) in [7, 11) is 0. The van der Waals surface area contributed by atoms with Crippen LogP contribution < -0.4 is 10.6 Å². The molecule has 0 fully saturated rings. The minimum absolute atomic E-state index is 0.249.